The number of hydrogen-bond donors (Lipinski definition) is 0. The molecule has 0 aromatic heterocycles. The SMILES string of the molecule is CCC1(O[C@H]2CC3CC2C2C3C3CC2C(C)(OC)C3)CC2CC1C1CCCC21. The quantitative estimate of drug-likeness (QED) is 0.579. The van der Waals surface area contributed by atoms with Crippen LogP contribution in [0.2, 0.25) is 0 Å². The molecule has 0 saturated heterocycles. The van der Waals surface area contributed by atoms with Crippen LogP contribution in [-0.4, -0.2) is 24.4 Å². The average Bonchev–Trinajstić information content (AvgIpc) is 3.49. The first kappa shape index (κ1) is 17.6. The van der Waals surface area contributed by atoms with Crippen molar-refractivity contribution in [1.29, 1.82) is 0 Å². The van der Waals surface area contributed by atoms with Crippen LogP contribution < -0.4 is 0 Å². The largest absolute Gasteiger partial charge is 0.378 e. The molecule has 0 aliphatic heterocycles. The summed E-state index contributed by atoms with van der Waals surface area (Å²) in [5.74, 6) is 9.52. The molecule has 13 atom stereocenters. The van der Waals surface area contributed by atoms with E-state index in [1.54, 1.807) is 0 Å². The summed E-state index contributed by atoms with van der Waals surface area (Å²) in [4.78, 5) is 0. The van der Waals surface area contributed by atoms with Gasteiger partial charge in [0.1, 0.15) is 0 Å². The second kappa shape index (κ2) is 5.58. The van der Waals surface area contributed by atoms with E-state index in [2.05, 4.69) is 13.8 Å². The third kappa shape index (κ3) is 1.95. The zero-order chi connectivity index (χ0) is 18.8. The van der Waals surface area contributed by atoms with Crippen LogP contribution in [0.1, 0.15) is 78.1 Å². The van der Waals surface area contributed by atoms with Crippen LogP contribution in [0.3, 0.4) is 0 Å². The Morgan fingerprint density at radius 1 is 0.821 bits per heavy atom. The van der Waals surface area contributed by atoms with E-state index in [4.69, 9.17) is 9.47 Å². The van der Waals surface area contributed by atoms with Crippen LogP contribution in [-0.2, 0) is 9.47 Å². The molecule has 2 nitrogen and oxygen atoms in total. The lowest BCUT2D eigenvalue weighted by Gasteiger charge is -2.49. The smallest absolute Gasteiger partial charge is 0.0717 e. The fourth-order valence-electron chi connectivity index (χ4n) is 11.4. The summed E-state index contributed by atoms with van der Waals surface area (Å²) in [5, 5.41) is 0. The third-order valence-corrected chi connectivity index (χ3v) is 12.1. The van der Waals surface area contributed by atoms with E-state index in [0.29, 0.717) is 6.10 Å². The average molecular weight is 385 g/mol. The van der Waals surface area contributed by atoms with Gasteiger partial charge in [-0.05, 0) is 124 Å². The minimum absolute atomic E-state index is 0.160. The molecular weight excluding hydrogens is 344 g/mol. The van der Waals surface area contributed by atoms with E-state index in [1.807, 2.05) is 7.11 Å². The van der Waals surface area contributed by atoms with Crippen molar-refractivity contribution in [2.24, 2.45) is 59.2 Å². The van der Waals surface area contributed by atoms with Gasteiger partial charge in [-0.25, -0.2) is 0 Å². The second-order valence-electron chi connectivity index (χ2n) is 12.5. The van der Waals surface area contributed by atoms with Crippen molar-refractivity contribution in [2.75, 3.05) is 7.11 Å². The topological polar surface area (TPSA) is 18.5 Å². The normalized spacial score (nSPS) is 65.5. The van der Waals surface area contributed by atoms with Crippen molar-refractivity contribution in [1.82, 2.24) is 0 Å². The fourth-order valence-corrected chi connectivity index (χ4v) is 11.4. The maximum Gasteiger partial charge on any atom is 0.0717 e. The van der Waals surface area contributed by atoms with E-state index in [0.717, 1.165) is 59.2 Å². The van der Waals surface area contributed by atoms with Gasteiger partial charge in [0, 0.05) is 7.11 Å². The molecule has 2 heteroatoms. The van der Waals surface area contributed by atoms with Crippen molar-refractivity contribution in [3.8, 4) is 0 Å². The first-order valence-corrected chi connectivity index (χ1v) is 12.8. The van der Waals surface area contributed by atoms with Crippen LogP contribution in [0.4, 0.5) is 0 Å². The fraction of sp³-hybridized carbons (Fsp3) is 1.00. The van der Waals surface area contributed by atoms with Crippen LogP contribution >= 0.6 is 0 Å². The summed E-state index contributed by atoms with van der Waals surface area (Å²) in [6.45, 7) is 4.86. The van der Waals surface area contributed by atoms with Gasteiger partial charge >= 0.3 is 0 Å². The summed E-state index contributed by atoms with van der Waals surface area (Å²) >= 11 is 0. The molecular formula is C26H40O2. The van der Waals surface area contributed by atoms with Crippen molar-refractivity contribution in [2.45, 2.75) is 95.4 Å². The zero-order valence-corrected chi connectivity index (χ0v) is 18.2. The van der Waals surface area contributed by atoms with Crippen molar-refractivity contribution < 1.29 is 9.47 Å². The summed E-state index contributed by atoms with van der Waals surface area (Å²) in [6, 6.07) is 0. The van der Waals surface area contributed by atoms with Gasteiger partial charge in [-0.1, -0.05) is 13.3 Å². The van der Waals surface area contributed by atoms with E-state index >= 15 is 0 Å². The lowest BCUT2D eigenvalue weighted by molar-refractivity contribution is -0.176. The monoisotopic (exact) mass is 384 g/mol. The van der Waals surface area contributed by atoms with Gasteiger partial charge in [-0.2, -0.15) is 0 Å². The first-order chi connectivity index (χ1) is 13.6. The second-order valence-corrected chi connectivity index (χ2v) is 12.5. The highest BCUT2D eigenvalue weighted by atomic mass is 16.5. The molecule has 7 saturated carbocycles. The van der Waals surface area contributed by atoms with Crippen LogP contribution in [0.15, 0.2) is 0 Å². The summed E-state index contributed by atoms with van der Waals surface area (Å²) in [5.41, 5.74) is 0.412. The van der Waals surface area contributed by atoms with Crippen LogP contribution in [0, 0.1) is 59.2 Å². The molecule has 7 fully saturated rings. The lowest BCUT2D eigenvalue weighted by atomic mass is 9.65. The van der Waals surface area contributed by atoms with Gasteiger partial charge in [0.15, 0.2) is 0 Å². The third-order valence-electron chi connectivity index (χ3n) is 12.1. The van der Waals surface area contributed by atoms with Gasteiger partial charge in [0.2, 0.25) is 0 Å². The molecule has 0 spiro atoms. The van der Waals surface area contributed by atoms with Crippen molar-refractivity contribution in [3.63, 3.8) is 0 Å². The Morgan fingerprint density at radius 3 is 2.46 bits per heavy atom. The predicted octanol–water partition coefficient (Wildman–Crippen LogP) is 5.69. The van der Waals surface area contributed by atoms with E-state index in [9.17, 15) is 0 Å². The molecule has 28 heavy (non-hydrogen) atoms. The van der Waals surface area contributed by atoms with Crippen LogP contribution in [0.5, 0.6) is 0 Å². The molecule has 7 aliphatic carbocycles. The highest BCUT2D eigenvalue weighted by Gasteiger charge is 2.69. The molecule has 156 valence electrons. The Balaban J connectivity index is 1.14. The van der Waals surface area contributed by atoms with Gasteiger partial charge in [0.05, 0.1) is 17.3 Å². The molecule has 0 aromatic rings. The van der Waals surface area contributed by atoms with Gasteiger partial charge < -0.3 is 9.47 Å². The lowest BCUT2D eigenvalue weighted by Crippen LogP contribution is -2.50. The van der Waals surface area contributed by atoms with Gasteiger partial charge in [-0.15, -0.1) is 0 Å². The summed E-state index contributed by atoms with van der Waals surface area (Å²) < 4.78 is 13.5. The molecule has 7 rings (SSSR count). The van der Waals surface area contributed by atoms with Gasteiger partial charge in [-0.3, -0.25) is 0 Å². The minimum atomic E-state index is 0.160. The Labute approximate surface area is 171 Å². The number of ether oxygens (including phenoxy) is 2. The number of fused-ring (bicyclic) bond motifs is 14. The number of rotatable bonds is 4. The molecule has 7 aliphatic rings. The molecule has 0 aromatic carbocycles. The summed E-state index contributed by atoms with van der Waals surface area (Å²) in [7, 11) is 1.97. The minimum Gasteiger partial charge on any atom is -0.378 e. The molecule has 0 radical (unpaired) electrons. The van der Waals surface area contributed by atoms with Crippen molar-refractivity contribution in [3.05, 3.63) is 0 Å². The molecule has 0 heterocycles. The molecule has 0 N–H and O–H groups in total. The maximum atomic E-state index is 7.36. The molecule has 6 bridgehead atoms. The maximum absolute atomic E-state index is 7.36. The highest BCUT2D eigenvalue weighted by Crippen LogP contribution is 2.72. The van der Waals surface area contributed by atoms with E-state index in [1.165, 1.54) is 64.2 Å². The highest BCUT2D eigenvalue weighted by molar-refractivity contribution is 5.18. The Kier molecular flexibility index (Phi) is 3.51. The predicted molar refractivity (Wildman–Crippen MR) is 110 cm³/mol. The molecule has 12 unspecified atom stereocenters. The Bertz CT molecular complexity index is 675. The van der Waals surface area contributed by atoms with E-state index in [-0.39, 0.29) is 11.2 Å². The number of methoxy groups -OCH3 is 1. The van der Waals surface area contributed by atoms with Crippen molar-refractivity contribution >= 4 is 0 Å². The standard InChI is InChI=1S/C26H40O2/c1-4-26(13-15-9-20(26)18-7-5-6-17(15)18)28-22-11-14-8-19(22)24-21-10-16(23(14)24)12-25(21,2)27-3/h14-24H,4-13H2,1-3H3/t14?,15?,16?,17?,18?,19?,20?,21?,22-,23?,24?,25?,26?/m0/s1. The Morgan fingerprint density at radius 2 is 1.64 bits per heavy atom. The summed E-state index contributed by atoms with van der Waals surface area (Å²) in [6.07, 6.45) is 14.9. The van der Waals surface area contributed by atoms with E-state index < -0.39 is 0 Å². The Hall–Kier alpha value is -0.0800. The van der Waals surface area contributed by atoms with Crippen LogP contribution in [0.25, 0.3) is 0 Å². The first-order valence-electron chi connectivity index (χ1n) is 12.8. The molecule has 0 amide bonds. The zero-order valence-electron chi connectivity index (χ0n) is 18.2. The number of hydrogen-bond acceptors (Lipinski definition) is 2. The van der Waals surface area contributed by atoms with Gasteiger partial charge in [0.25, 0.3) is 0 Å².